The zero-order valence-electron chi connectivity index (χ0n) is 6.67. The number of nitrogens with zero attached hydrogens (tertiary/aromatic N) is 1. The van der Waals surface area contributed by atoms with Crippen LogP contribution < -0.4 is 0 Å². The summed E-state index contributed by atoms with van der Waals surface area (Å²) in [7, 11) is 0. The summed E-state index contributed by atoms with van der Waals surface area (Å²) in [6.07, 6.45) is 8.65. The molecule has 0 radical (unpaired) electrons. The normalized spacial score (nSPS) is 14.6. The maximum absolute atomic E-state index is 4.24. The topological polar surface area (TPSA) is 12.9 Å². The zero-order valence-corrected chi connectivity index (χ0v) is 6.67. The van der Waals surface area contributed by atoms with Crippen molar-refractivity contribution < 1.29 is 0 Å². The lowest BCUT2D eigenvalue weighted by Crippen LogP contribution is -1.97. The molecule has 2 rings (SSSR count). The summed E-state index contributed by atoms with van der Waals surface area (Å²) in [5.74, 6) is 0. The summed E-state index contributed by atoms with van der Waals surface area (Å²) in [6.45, 7) is 2.06. The number of fused-ring (bicyclic) bond motifs is 1. The van der Waals surface area contributed by atoms with Gasteiger partial charge in [-0.25, -0.2) is 0 Å². The van der Waals surface area contributed by atoms with E-state index >= 15 is 0 Å². The standard InChI is InChI=1S/C10H11N/c1-8-10-5-3-2-4-9(10)6-7-11-8/h3,5-7H,2,4H2,1H3. The van der Waals surface area contributed by atoms with E-state index in [4.69, 9.17) is 0 Å². The van der Waals surface area contributed by atoms with Gasteiger partial charge in [0.15, 0.2) is 0 Å². The average Bonchev–Trinajstić information content (AvgIpc) is 2.06. The summed E-state index contributed by atoms with van der Waals surface area (Å²) >= 11 is 0. The predicted molar refractivity (Wildman–Crippen MR) is 46.3 cm³/mol. The monoisotopic (exact) mass is 145 g/mol. The first-order chi connectivity index (χ1) is 5.38. The number of hydrogen-bond donors (Lipinski definition) is 0. The van der Waals surface area contributed by atoms with Crippen molar-refractivity contribution in [2.45, 2.75) is 19.8 Å². The quantitative estimate of drug-likeness (QED) is 0.546. The Morgan fingerprint density at radius 3 is 3.18 bits per heavy atom. The molecule has 1 aromatic rings. The Morgan fingerprint density at radius 2 is 2.36 bits per heavy atom. The van der Waals surface area contributed by atoms with Crippen LogP contribution in [0.3, 0.4) is 0 Å². The fraction of sp³-hybridized carbons (Fsp3) is 0.300. The van der Waals surface area contributed by atoms with Crippen LogP contribution in [-0.2, 0) is 6.42 Å². The molecule has 0 fully saturated rings. The number of rotatable bonds is 0. The molecule has 0 bridgehead atoms. The second-order valence-corrected chi connectivity index (χ2v) is 2.91. The van der Waals surface area contributed by atoms with E-state index in [0.717, 1.165) is 5.69 Å². The van der Waals surface area contributed by atoms with Gasteiger partial charge in [0.05, 0.1) is 0 Å². The molecule has 0 saturated carbocycles. The Bertz CT molecular complexity index is 300. The molecule has 56 valence electrons. The van der Waals surface area contributed by atoms with Crippen LogP contribution in [0.25, 0.3) is 6.08 Å². The second kappa shape index (κ2) is 2.50. The van der Waals surface area contributed by atoms with Gasteiger partial charge in [-0.05, 0) is 37.0 Å². The van der Waals surface area contributed by atoms with E-state index < -0.39 is 0 Å². The molecular weight excluding hydrogens is 134 g/mol. The van der Waals surface area contributed by atoms with Crippen LogP contribution in [-0.4, -0.2) is 4.98 Å². The van der Waals surface area contributed by atoms with Gasteiger partial charge >= 0.3 is 0 Å². The lowest BCUT2D eigenvalue weighted by Gasteiger charge is -2.10. The molecule has 0 unspecified atom stereocenters. The average molecular weight is 145 g/mol. The molecule has 0 amide bonds. The van der Waals surface area contributed by atoms with Gasteiger partial charge < -0.3 is 0 Å². The van der Waals surface area contributed by atoms with Crippen LogP contribution in [0.2, 0.25) is 0 Å². The van der Waals surface area contributed by atoms with Gasteiger partial charge in [-0.1, -0.05) is 12.2 Å². The summed E-state index contributed by atoms with van der Waals surface area (Å²) < 4.78 is 0. The van der Waals surface area contributed by atoms with Crippen molar-refractivity contribution in [1.29, 1.82) is 0 Å². The minimum Gasteiger partial charge on any atom is -0.261 e. The Morgan fingerprint density at radius 1 is 1.45 bits per heavy atom. The highest BCUT2D eigenvalue weighted by Crippen LogP contribution is 2.19. The highest BCUT2D eigenvalue weighted by Gasteiger charge is 2.05. The van der Waals surface area contributed by atoms with Crippen molar-refractivity contribution in [2.24, 2.45) is 0 Å². The lowest BCUT2D eigenvalue weighted by molar-refractivity contribution is 0.966. The van der Waals surface area contributed by atoms with Crippen molar-refractivity contribution in [2.75, 3.05) is 0 Å². The van der Waals surface area contributed by atoms with Crippen molar-refractivity contribution in [1.82, 2.24) is 4.98 Å². The van der Waals surface area contributed by atoms with E-state index in [2.05, 4.69) is 30.1 Å². The molecule has 1 heteroatoms. The summed E-state index contributed by atoms with van der Waals surface area (Å²) in [5.41, 5.74) is 3.93. The third-order valence-electron chi connectivity index (χ3n) is 2.14. The number of pyridine rings is 1. The Kier molecular flexibility index (Phi) is 1.50. The van der Waals surface area contributed by atoms with E-state index in [1.54, 1.807) is 0 Å². The predicted octanol–water partition coefficient (Wildman–Crippen LogP) is 2.35. The number of hydrogen-bond acceptors (Lipinski definition) is 1. The third-order valence-corrected chi connectivity index (χ3v) is 2.14. The summed E-state index contributed by atoms with van der Waals surface area (Å²) in [4.78, 5) is 4.24. The van der Waals surface area contributed by atoms with Gasteiger partial charge in [-0.3, -0.25) is 4.98 Å². The fourth-order valence-corrected chi connectivity index (χ4v) is 1.52. The molecule has 1 heterocycles. The smallest absolute Gasteiger partial charge is 0.0447 e. The maximum atomic E-state index is 4.24. The molecular formula is C10H11N. The number of allylic oxidation sites excluding steroid dienone is 1. The maximum Gasteiger partial charge on any atom is 0.0447 e. The van der Waals surface area contributed by atoms with Crippen LogP contribution in [0, 0.1) is 6.92 Å². The third kappa shape index (κ3) is 1.07. The lowest BCUT2D eigenvalue weighted by atomic mass is 9.97. The SMILES string of the molecule is Cc1nccc2c1C=CCC2. The van der Waals surface area contributed by atoms with Crippen molar-refractivity contribution in [3.05, 3.63) is 35.2 Å². The van der Waals surface area contributed by atoms with E-state index in [9.17, 15) is 0 Å². The van der Waals surface area contributed by atoms with Crippen LogP contribution in [0.15, 0.2) is 18.3 Å². The van der Waals surface area contributed by atoms with Gasteiger partial charge in [0.1, 0.15) is 0 Å². The molecule has 0 saturated heterocycles. The van der Waals surface area contributed by atoms with E-state index in [1.165, 1.54) is 24.0 Å². The molecule has 0 aliphatic heterocycles. The summed E-state index contributed by atoms with van der Waals surface area (Å²) in [6, 6.07) is 2.12. The van der Waals surface area contributed by atoms with Gasteiger partial charge in [0, 0.05) is 11.9 Å². The summed E-state index contributed by atoms with van der Waals surface area (Å²) in [5, 5.41) is 0. The van der Waals surface area contributed by atoms with Crippen LogP contribution >= 0.6 is 0 Å². The van der Waals surface area contributed by atoms with E-state index in [-0.39, 0.29) is 0 Å². The Labute approximate surface area is 66.8 Å². The molecule has 0 N–H and O–H groups in total. The van der Waals surface area contributed by atoms with Crippen LogP contribution in [0.4, 0.5) is 0 Å². The molecule has 0 atom stereocenters. The first kappa shape index (κ1) is 6.59. The minimum absolute atomic E-state index is 1.15. The Balaban J connectivity index is 2.60. The number of aromatic nitrogens is 1. The first-order valence-electron chi connectivity index (χ1n) is 3.99. The van der Waals surface area contributed by atoms with Crippen molar-refractivity contribution >= 4 is 6.08 Å². The van der Waals surface area contributed by atoms with E-state index in [0.29, 0.717) is 0 Å². The Hall–Kier alpha value is -1.11. The zero-order chi connectivity index (χ0) is 7.68. The fourth-order valence-electron chi connectivity index (χ4n) is 1.52. The second-order valence-electron chi connectivity index (χ2n) is 2.91. The van der Waals surface area contributed by atoms with Crippen molar-refractivity contribution in [3.63, 3.8) is 0 Å². The van der Waals surface area contributed by atoms with Crippen molar-refractivity contribution in [3.8, 4) is 0 Å². The van der Waals surface area contributed by atoms with Gasteiger partial charge in [-0.15, -0.1) is 0 Å². The minimum atomic E-state index is 1.15. The molecule has 0 aromatic carbocycles. The van der Waals surface area contributed by atoms with Gasteiger partial charge in [0.25, 0.3) is 0 Å². The molecule has 1 aliphatic rings. The number of aryl methyl sites for hydroxylation is 2. The molecule has 1 aromatic heterocycles. The van der Waals surface area contributed by atoms with E-state index in [1.807, 2.05) is 6.20 Å². The van der Waals surface area contributed by atoms with Crippen LogP contribution in [0.5, 0.6) is 0 Å². The van der Waals surface area contributed by atoms with Gasteiger partial charge in [0.2, 0.25) is 0 Å². The molecule has 1 aliphatic carbocycles. The highest BCUT2D eigenvalue weighted by atomic mass is 14.7. The van der Waals surface area contributed by atoms with Crippen LogP contribution in [0.1, 0.15) is 23.2 Å². The highest BCUT2D eigenvalue weighted by molar-refractivity contribution is 5.57. The molecule has 11 heavy (non-hydrogen) atoms. The first-order valence-corrected chi connectivity index (χ1v) is 3.99. The molecule has 0 spiro atoms. The van der Waals surface area contributed by atoms with Gasteiger partial charge in [-0.2, -0.15) is 0 Å². The molecule has 1 nitrogen and oxygen atoms in total. The largest absolute Gasteiger partial charge is 0.261 e.